The molecule has 0 saturated heterocycles. The van der Waals surface area contributed by atoms with Gasteiger partial charge in [0.05, 0.1) is 0 Å². The molecular weight excluding hydrogens is 463 g/mol. The van der Waals surface area contributed by atoms with E-state index in [-0.39, 0.29) is 35.3 Å². The number of nitrogens with two attached hydrogens (primary N) is 1. The van der Waals surface area contributed by atoms with Gasteiger partial charge in [-0.2, -0.15) is 0 Å². The lowest BCUT2D eigenvalue weighted by atomic mass is 9.95. The minimum Gasteiger partial charge on any atom is -0.366 e. The van der Waals surface area contributed by atoms with Crippen molar-refractivity contribution >= 4 is 46.6 Å². The molecule has 0 aliphatic heterocycles. The highest BCUT2D eigenvalue weighted by molar-refractivity contribution is 14.0. The highest BCUT2D eigenvalue weighted by atomic mass is 127. The molecule has 6 nitrogen and oxygen atoms in total. The largest absolute Gasteiger partial charge is 0.366 e. The van der Waals surface area contributed by atoms with Crippen LogP contribution in [-0.4, -0.2) is 40.2 Å². The number of benzene rings is 1. The van der Waals surface area contributed by atoms with Crippen LogP contribution in [0.3, 0.4) is 0 Å². The van der Waals surface area contributed by atoms with Gasteiger partial charge in [0.1, 0.15) is 0 Å². The van der Waals surface area contributed by atoms with Crippen LogP contribution in [0.1, 0.15) is 48.5 Å². The maximum atomic E-state index is 12.1. The molecular formula is C18H29IN4O2S. The maximum Gasteiger partial charge on any atom is 0.248 e. The smallest absolute Gasteiger partial charge is 0.248 e. The zero-order valence-electron chi connectivity index (χ0n) is 15.4. The van der Waals surface area contributed by atoms with Gasteiger partial charge in [-0.15, -0.1) is 24.0 Å². The van der Waals surface area contributed by atoms with Crippen LogP contribution in [0.15, 0.2) is 29.3 Å². The summed E-state index contributed by atoms with van der Waals surface area (Å²) in [4.78, 5) is 15.5. The summed E-state index contributed by atoms with van der Waals surface area (Å²) in [6, 6.07) is 7.53. The van der Waals surface area contributed by atoms with Crippen molar-refractivity contribution in [2.45, 2.75) is 50.4 Å². The normalized spacial score (nSPS) is 21.4. The predicted molar refractivity (Wildman–Crippen MR) is 118 cm³/mol. The Morgan fingerprint density at radius 3 is 2.81 bits per heavy atom. The Morgan fingerprint density at radius 1 is 1.38 bits per heavy atom. The topological polar surface area (TPSA) is 96.6 Å². The Morgan fingerprint density at radius 2 is 2.15 bits per heavy atom. The molecule has 0 radical (unpaired) electrons. The standard InChI is InChI=1S/C18H28N4O2S.HI/c1-3-25(24)16-9-5-8-15(11-16)22-18(20-2)21-12-13-6-4-7-14(10-13)17(19)23;/h4,6-7,10,15-16H,3,5,8-9,11-12H2,1-2H3,(H2,19,23)(H2,20,21,22);1H. The molecule has 1 amide bonds. The first kappa shape index (κ1) is 22.9. The molecule has 1 saturated carbocycles. The van der Waals surface area contributed by atoms with Gasteiger partial charge < -0.3 is 16.4 Å². The van der Waals surface area contributed by atoms with Gasteiger partial charge in [-0.1, -0.05) is 25.5 Å². The average Bonchev–Trinajstić information content (AvgIpc) is 2.64. The van der Waals surface area contributed by atoms with Crippen molar-refractivity contribution in [3.63, 3.8) is 0 Å². The molecule has 1 aromatic rings. The number of hydrogen-bond acceptors (Lipinski definition) is 3. The number of aliphatic imine (C=N–C) groups is 1. The number of primary amides is 1. The fraction of sp³-hybridized carbons (Fsp3) is 0.556. The Bertz CT molecular complexity index is 654. The van der Waals surface area contributed by atoms with Gasteiger partial charge in [-0.25, -0.2) is 0 Å². The molecule has 26 heavy (non-hydrogen) atoms. The van der Waals surface area contributed by atoms with E-state index in [0.717, 1.165) is 43.0 Å². The van der Waals surface area contributed by atoms with Crippen molar-refractivity contribution in [2.24, 2.45) is 10.7 Å². The number of guanidine groups is 1. The van der Waals surface area contributed by atoms with Crippen LogP contribution in [-0.2, 0) is 17.3 Å². The van der Waals surface area contributed by atoms with E-state index in [9.17, 15) is 9.00 Å². The first-order chi connectivity index (χ1) is 12.0. The van der Waals surface area contributed by atoms with E-state index in [4.69, 9.17) is 5.73 Å². The highest BCUT2D eigenvalue weighted by Gasteiger charge is 2.25. The third kappa shape index (κ3) is 6.86. The van der Waals surface area contributed by atoms with E-state index in [1.54, 1.807) is 19.2 Å². The Kier molecular flexibility index (Phi) is 10.1. The SMILES string of the molecule is CCS(=O)C1CCCC(NC(=NC)NCc2cccc(C(N)=O)c2)C1.I. The molecule has 8 heteroatoms. The number of amides is 1. The second-order valence-corrected chi connectivity index (χ2v) is 8.30. The van der Waals surface area contributed by atoms with Crippen molar-refractivity contribution in [1.29, 1.82) is 0 Å². The molecule has 3 unspecified atom stereocenters. The number of hydrogen-bond donors (Lipinski definition) is 3. The van der Waals surface area contributed by atoms with Crippen molar-refractivity contribution in [1.82, 2.24) is 10.6 Å². The van der Waals surface area contributed by atoms with Crippen LogP contribution in [0.2, 0.25) is 0 Å². The number of carbonyl (C=O) groups excluding carboxylic acids is 1. The van der Waals surface area contributed by atoms with Gasteiger partial charge >= 0.3 is 0 Å². The molecule has 146 valence electrons. The first-order valence-electron chi connectivity index (χ1n) is 8.76. The van der Waals surface area contributed by atoms with Gasteiger partial charge in [0, 0.05) is 47.0 Å². The van der Waals surface area contributed by atoms with E-state index in [0.29, 0.717) is 12.1 Å². The summed E-state index contributed by atoms with van der Waals surface area (Å²) >= 11 is 0. The fourth-order valence-electron chi connectivity index (χ4n) is 3.16. The average molecular weight is 492 g/mol. The summed E-state index contributed by atoms with van der Waals surface area (Å²) in [5.74, 6) is 1.01. The lowest BCUT2D eigenvalue weighted by Crippen LogP contribution is -2.46. The van der Waals surface area contributed by atoms with Gasteiger partial charge in [0.2, 0.25) is 5.91 Å². The van der Waals surface area contributed by atoms with E-state index in [1.807, 2.05) is 19.1 Å². The zero-order chi connectivity index (χ0) is 18.2. The summed E-state index contributed by atoms with van der Waals surface area (Å²) in [5, 5.41) is 6.98. The van der Waals surface area contributed by atoms with Gasteiger partial charge in [0.15, 0.2) is 5.96 Å². The second kappa shape index (κ2) is 11.5. The molecule has 3 atom stereocenters. The van der Waals surface area contributed by atoms with Crippen LogP contribution < -0.4 is 16.4 Å². The third-order valence-corrected chi connectivity index (χ3v) is 6.26. The Balaban J connectivity index is 0.00000338. The maximum absolute atomic E-state index is 12.1. The summed E-state index contributed by atoms with van der Waals surface area (Å²) in [7, 11) is 1.00. The molecule has 0 heterocycles. The molecule has 0 aromatic heterocycles. The first-order valence-corrected chi connectivity index (χ1v) is 10.1. The summed E-state index contributed by atoms with van der Waals surface area (Å²) in [5.41, 5.74) is 6.78. The summed E-state index contributed by atoms with van der Waals surface area (Å²) in [6.45, 7) is 2.53. The number of nitrogens with one attached hydrogen (secondary N) is 2. The molecule has 1 aliphatic rings. The zero-order valence-corrected chi connectivity index (χ0v) is 18.5. The molecule has 1 fully saturated rings. The fourth-order valence-corrected chi connectivity index (χ4v) is 4.51. The molecule has 1 aromatic carbocycles. The number of halogens is 1. The lowest BCUT2D eigenvalue weighted by molar-refractivity contribution is 0.1000. The minimum absolute atomic E-state index is 0. The molecule has 1 aliphatic carbocycles. The van der Waals surface area contributed by atoms with Gasteiger partial charge in [0.25, 0.3) is 0 Å². The molecule has 4 N–H and O–H groups in total. The van der Waals surface area contributed by atoms with Crippen molar-refractivity contribution in [2.75, 3.05) is 12.8 Å². The van der Waals surface area contributed by atoms with Crippen LogP contribution >= 0.6 is 24.0 Å². The van der Waals surface area contributed by atoms with Crippen LogP contribution in [0.4, 0.5) is 0 Å². The van der Waals surface area contributed by atoms with Crippen molar-refractivity contribution in [3.8, 4) is 0 Å². The van der Waals surface area contributed by atoms with Crippen molar-refractivity contribution in [3.05, 3.63) is 35.4 Å². The highest BCUT2D eigenvalue weighted by Crippen LogP contribution is 2.23. The Labute approximate surface area is 175 Å². The third-order valence-electron chi connectivity index (χ3n) is 4.52. The number of nitrogens with zero attached hydrogens (tertiary/aromatic N) is 1. The summed E-state index contributed by atoms with van der Waals surface area (Å²) in [6.07, 6.45) is 4.11. The quantitative estimate of drug-likeness (QED) is 0.322. The van der Waals surface area contributed by atoms with Crippen molar-refractivity contribution < 1.29 is 9.00 Å². The predicted octanol–water partition coefficient (Wildman–Crippen LogP) is 2.15. The Hall–Kier alpha value is -1.16. The van der Waals surface area contributed by atoms with Crippen LogP contribution in [0, 0.1) is 0 Å². The number of rotatable bonds is 6. The van der Waals surface area contributed by atoms with E-state index in [1.165, 1.54) is 0 Å². The molecule has 2 rings (SSSR count). The van der Waals surface area contributed by atoms with Crippen LogP contribution in [0.25, 0.3) is 0 Å². The van der Waals surface area contributed by atoms with Gasteiger partial charge in [-0.3, -0.25) is 14.0 Å². The van der Waals surface area contributed by atoms with Crippen LogP contribution in [0.5, 0.6) is 0 Å². The van der Waals surface area contributed by atoms with E-state index >= 15 is 0 Å². The number of carbonyl (C=O) groups is 1. The molecule has 0 bridgehead atoms. The molecule has 0 spiro atoms. The monoisotopic (exact) mass is 492 g/mol. The van der Waals surface area contributed by atoms with E-state index < -0.39 is 16.7 Å². The van der Waals surface area contributed by atoms with E-state index in [2.05, 4.69) is 15.6 Å². The lowest BCUT2D eigenvalue weighted by Gasteiger charge is -2.30. The second-order valence-electron chi connectivity index (χ2n) is 6.29. The van der Waals surface area contributed by atoms with Gasteiger partial charge in [-0.05, 0) is 37.0 Å². The minimum atomic E-state index is -0.736. The summed E-state index contributed by atoms with van der Waals surface area (Å²) < 4.78 is 12.1.